The molecular formula is C31H23N3O3S2. The summed E-state index contributed by atoms with van der Waals surface area (Å²) in [6.45, 7) is 0.764. The van der Waals surface area contributed by atoms with Gasteiger partial charge in [0.1, 0.15) is 28.1 Å². The van der Waals surface area contributed by atoms with Crippen LogP contribution in [0.1, 0.15) is 16.9 Å². The molecule has 0 aliphatic carbocycles. The Morgan fingerprint density at radius 2 is 1.74 bits per heavy atom. The van der Waals surface area contributed by atoms with Crippen molar-refractivity contribution in [1.29, 1.82) is 0 Å². The van der Waals surface area contributed by atoms with Gasteiger partial charge in [-0.15, -0.1) is 0 Å². The second-order valence-electron chi connectivity index (χ2n) is 8.86. The molecule has 2 aromatic heterocycles. The number of amides is 1. The number of carbonyl (C=O) groups is 1. The summed E-state index contributed by atoms with van der Waals surface area (Å²) in [5.41, 5.74) is 4.43. The van der Waals surface area contributed by atoms with Crippen LogP contribution < -0.4 is 4.74 Å². The highest BCUT2D eigenvalue weighted by Gasteiger charge is 2.33. The van der Waals surface area contributed by atoms with E-state index in [0.717, 1.165) is 33.8 Å². The lowest BCUT2D eigenvalue weighted by molar-refractivity contribution is -0.122. The number of nitrogens with zero attached hydrogens (tertiary/aromatic N) is 3. The summed E-state index contributed by atoms with van der Waals surface area (Å²) >= 11 is 6.81. The Morgan fingerprint density at radius 1 is 0.949 bits per heavy atom. The standard InChI is InChI=1S/C31H23N3O3S2/c35-30-28(39-31(38)33(30)20-27-15-8-16-36-27)18-24-19-34(25-12-5-2-6-13-25)32-29(24)23-11-7-14-26(17-23)37-21-22-9-3-1-4-10-22/h1-19H,20-21H2. The van der Waals surface area contributed by atoms with E-state index in [1.54, 1.807) is 17.2 Å². The number of thiocarbonyl (C=S) groups is 1. The van der Waals surface area contributed by atoms with E-state index in [0.29, 0.717) is 28.1 Å². The molecule has 0 bridgehead atoms. The first-order chi connectivity index (χ1) is 19.1. The van der Waals surface area contributed by atoms with Gasteiger partial charge in [0.05, 0.1) is 23.4 Å². The second kappa shape index (κ2) is 11.1. The number of aromatic nitrogens is 2. The predicted molar refractivity (Wildman–Crippen MR) is 157 cm³/mol. The van der Waals surface area contributed by atoms with Crippen molar-refractivity contribution in [3.63, 3.8) is 0 Å². The number of rotatable bonds is 8. The van der Waals surface area contributed by atoms with E-state index in [9.17, 15) is 4.79 Å². The zero-order valence-corrected chi connectivity index (χ0v) is 22.4. The van der Waals surface area contributed by atoms with Crippen molar-refractivity contribution < 1.29 is 13.9 Å². The van der Waals surface area contributed by atoms with E-state index in [1.807, 2.05) is 108 Å². The van der Waals surface area contributed by atoms with E-state index in [-0.39, 0.29) is 5.91 Å². The molecule has 6 rings (SSSR count). The molecule has 0 atom stereocenters. The van der Waals surface area contributed by atoms with Gasteiger partial charge in [0.2, 0.25) is 0 Å². The number of para-hydroxylation sites is 1. The summed E-state index contributed by atoms with van der Waals surface area (Å²) in [6, 6.07) is 31.4. The van der Waals surface area contributed by atoms with E-state index in [1.165, 1.54) is 11.8 Å². The quantitative estimate of drug-likeness (QED) is 0.152. The Labute approximate surface area is 235 Å². The molecule has 3 heterocycles. The molecule has 5 aromatic rings. The first kappa shape index (κ1) is 24.9. The topological polar surface area (TPSA) is 60.5 Å². The van der Waals surface area contributed by atoms with Crippen molar-refractivity contribution in [3.05, 3.63) is 131 Å². The average molecular weight is 550 g/mol. The Morgan fingerprint density at radius 3 is 2.51 bits per heavy atom. The van der Waals surface area contributed by atoms with Crippen LogP contribution in [-0.4, -0.2) is 24.9 Å². The maximum atomic E-state index is 13.3. The number of carbonyl (C=O) groups excluding carboxylic acids is 1. The lowest BCUT2D eigenvalue weighted by atomic mass is 10.1. The zero-order chi connectivity index (χ0) is 26.6. The number of hydrogen-bond donors (Lipinski definition) is 0. The molecular weight excluding hydrogens is 526 g/mol. The van der Waals surface area contributed by atoms with Crippen molar-refractivity contribution in [1.82, 2.24) is 14.7 Å². The molecule has 0 radical (unpaired) electrons. The zero-order valence-electron chi connectivity index (χ0n) is 20.8. The Bertz CT molecular complexity index is 1650. The maximum Gasteiger partial charge on any atom is 0.266 e. The summed E-state index contributed by atoms with van der Waals surface area (Å²) in [4.78, 5) is 15.4. The van der Waals surface area contributed by atoms with Crippen LogP contribution in [0.25, 0.3) is 23.0 Å². The van der Waals surface area contributed by atoms with Crippen LogP contribution in [0.5, 0.6) is 5.75 Å². The molecule has 1 saturated heterocycles. The average Bonchev–Trinajstić information content (AvgIpc) is 3.71. The van der Waals surface area contributed by atoms with Gasteiger partial charge in [0, 0.05) is 17.3 Å². The van der Waals surface area contributed by atoms with E-state index in [2.05, 4.69) is 0 Å². The van der Waals surface area contributed by atoms with E-state index >= 15 is 0 Å². The second-order valence-corrected chi connectivity index (χ2v) is 10.5. The van der Waals surface area contributed by atoms with Crippen LogP contribution in [0.2, 0.25) is 0 Å². The molecule has 0 spiro atoms. The van der Waals surface area contributed by atoms with Crippen LogP contribution >= 0.6 is 24.0 Å². The lowest BCUT2D eigenvalue weighted by Gasteiger charge is -2.11. The molecule has 6 nitrogen and oxygen atoms in total. The number of ether oxygens (including phenoxy) is 1. The summed E-state index contributed by atoms with van der Waals surface area (Å²) in [6.07, 6.45) is 5.38. The van der Waals surface area contributed by atoms with Gasteiger partial charge in [-0.05, 0) is 48.0 Å². The first-order valence-electron chi connectivity index (χ1n) is 12.3. The van der Waals surface area contributed by atoms with Crippen LogP contribution in [0.3, 0.4) is 0 Å². The fraction of sp³-hybridized carbons (Fsp3) is 0.0645. The van der Waals surface area contributed by atoms with Gasteiger partial charge in [0.25, 0.3) is 5.91 Å². The molecule has 1 aliphatic heterocycles. The Kier molecular flexibility index (Phi) is 7.12. The van der Waals surface area contributed by atoms with Crippen LogP contribution in [-0.2, 0) is 17.9 Å². The third-order valence-corrected chi connectivity index (χ3v) is 7.55. The summed E-state index contributed by atoms with van der Waals surface area (Å²) < 4.78 is 13.8. The number of benzene rings is 3. The molecule has 1 amide bonds. The molecule has 1 aliphatic rings. The van der Waals surface area contributed by atoms with Crippen molar-refractivity contribution in [3.8, 4) is 22.7 Å². The number of hydrogen-bond acceptors (Lipinski definition) is 6. The minimum atomic E-state index is -0.153. The van der Waals surface area contributed by atoms with Gasteiger partial charge in [-0.3, -0.25) is 9.69 Å². The monoisotopic (exact) mass is 549 g/mol. The third-order valence-electron chi connectivity index (χ3n) is 6.17. The Balaban J connectivity index is 1.34. The van der Waals surface area contributed by atoms with E-state index < -0.39 is 0 Å². The molecule has 3 aromatic carbocycles. The SMILES string of the molecule is O=C1C(=Cc2cn(-c3ccccc3)nc2-c2cccc(OCc3ccccc3)c2)SC(=S)N1Cc1ccco1. The van der Waals surface area contributed by atoms with Gasteiger partial charge in [-0.25, -0.2) is 4.68 Å². The van der Waals surface area contributed by atoms with Gasteiger partial charge in [0.15, 0.2) is 0 Å². The largest absolute Gasteiger partial charge is 0.489 e. The van der Waals surface area contributed by atoms with E-state index in [4.69, 9.17) is 26.5 Å². The van der Waals surface area contributed by atoms with Gasteiger partial charge >= 0.3 is 0 Å². The van der Waals surface area contributed by atoms with Crippen molar-refractivity contribution in [2.24, 2.45) is 0 Å². The summed E-state index contributed by atoms with van der Waals surface area (Å²) in [5.74, 6) is 1.26. The van der Waals surface area contributed by atoms with Crippen molar-refractivity contribution in [2.75, 3.05) is 0 Å². The Hall–Kier alpha value is -4.40. The molecule has 192 valence electrons. The summed E-state index contributed by atoms with van der Waals surface area (Å²) in [5, 5.41) is 4.91. The number of thioether (sulfide) groups is 1. The maximum absolute atomic E-state index is 13.3. The minimum Gasteiger partial charge on any atom is -0.489 e. The fourth-order valence-electron chi connectivity index (χ4n) is 4.24. The summed E-state index contributed by atoms with van der Waals surface area (Å²) in [7, 11) is 0. The van der Waals surface area contributed by atoms with Crippen molar-refractivity contribution >= 4 is 40.3 Å². The third kappa shape index (κ3) is 5.57. The molecule has 0 unspecified atom stereocenters. The van der Waals surface area contributed by atoms with Crippen LogP contribution in [0.15, 0.2) is 119 Å². The van der Waals surface area contributed by atoms with Gasteiger partial charge < -0.3 is 9.15 Å². The molecule has 1 fully saturated rings. The fourth-order valence-corrected chi connectivity index (χ4v) is 5.49. The van der Waals surface area contributed by atoms with Crippen LogP contribution in [0.4, 0.5) is 0 Å². The minimum absolute atomic E-state index is 0.153. The van der Waals surface area contributed by atoms with Gasteiger partial charge in [-0.1, -0.05) is 84.6 Å². The predicted octanol–water partition coefficient (Wildman–Crippen LogP) is 7.11. The highest BCUT2D eigenvalue weighted by molar-refractivity contribution is 8.26. The van der Waals surface area contributed by atoms with Crippen molar-refractivity contribution in [2.45, 2.75) is 13.2 Å². The smallest absolute Gasteiger partial charge is 0.266 e. The molecule has 0 N–H and O–H groups in total. The highest BCUT2D eigenvalue weighted by Crippen LogP contribution is 2.36. The highest BCUT2D eigenvalue weighted by atomic mass is 32.2. The normalized spacial score (nSPS) is 14.4. The molecule has 39 heavy (non-hydrogen) atoms. The lowest BCUT2D eigenvalue weighted by Crippen LogP contribution is -2.27. The van der Waals surface area contributed by atoms with Crippen LogP contribution in [0, 0.1) is 0 Å². The first-order valence-corrected chi connectivity index (χ1v) is 13.6. The molecule has 8 heteroatoms. The molecule has 0 saturated carbocycles. The number of furan rings is 1. The van der Waals surface area contributed by atoms with Gasteiger partial charge in [-0.2, -0.15) is 5.10 Å².